The van der Waals surface area contributed by atoms with Crippen LogP contribution in [-0.2, 0) is 4.74 Å². The predicted octanol–water partition coefficient (Wildman–Crippen LogP) is 7.39. The molecule has 0 amide bonds. The lowest BCUT2D eigenvalue weighted by atomic mass is 10.0. The Morgan fingerprint density at radius 1 is 0.560 bits per heavy atom. The van der Waals surface area contributed by atoms with E-state index in [1.54, 1.807) is 0 Å². The molecule has 0 aromatic rings. The Bertz CT molecular complexity index is 232. The minimum absolute atomic E-state index is 0.462. The Labute approximate surface area is 159 Å². The first-order valence-corrected chi connectivity index (χ1v) is 11.7. The molecule has 0 fully saturated rings. The lowest BCUT2D eigenvalue weighted by Gasteiger charge is -2.18. The van der Waals surface area contributed by atoms with Crippen molar-refractivity contribution in [2.24, 2.45) is 5.73 Å². The maximum Gasteiger partial charge on any atom is 0.0575 e. The van der Waals surface area contributed by atoms with E-state index in [2.05, 4.69) is 13.8 Å². The van der Waals surface area contributed by atoms with Crippen LogP contribution in [0.4, 0.5) is 0 Å². The molecule has 152 valence electrons. The summed E-state index contributed by atoms with van der Waals surface area (Å²) in [6.07, 6.45) is 24.6. The second-order valence-electron chi connectivity index (χ2n) is 7.81. The number of ether oxygens (including phenoxy) is 1. The van der Waals surface area contributed by atoms with Gasteiger partial charge in [-0.05, 0) is 32.2 Å². The Kier molecular flexibility index (Phi) is 21.9. The third-order valence-corrected chi connectivity index (χ3v) is 5.21. The van der Waals surface area contributed by atoms with Crippen molar-refractivity contribution in [1.29, 1.82) is 0 Å². The zero-order valence-electron chi connectivity index (χ0n) is 17.7. The van der Waals surface area contributed by atoms with Gasteiger partial charge in [-0.3, -0.25) is 0 Å². The van der Waals surface area contributed by atoms with Gasteiger partial charge in [0.1, 0.15) is 0 Å². The fraction of sp³-hybridized carbons (Fsp3) is 1.00. The SMILES string of the molecule is CCCCCCCCCCOC(CCCN)CCCCCCCCC. The zero-order valence-corrected chi connectivity index (χ0v) is 17.7. The minimum atomic E-state index is 0.462. The van der Waals surface area contributed by atoms with Crippen molar-refractivity contribution in [1.82, 2.24) is 0 Å². The summed E-state index contributed by atoms with van der Waals surface area (Å²) in [4.78, 5) is 0. The molecule has 0 aromatic heterocycles. The number of hydrogen-bond acceptors (Lipinski definition) is 2. The van der Waals surface area contributed by atoms with Gasteiger partial charge in [0.15, 0.2) is 0 Å². The molecule has 0 aliphatic heterocycles. The Morgan fingerprint density at radius 3 is 1.52 bits per heavy atom. The van der Waals surface area contributed by atoms with Crippen LogP contribution in [0.1, 0.15) is 129 Å². The molecule has 0 saturated heterocycles. The van der Waals surface area contributed by atoms with Crippen molar-refractivity contribution in [2.75, 3.05) is 13.2 Å². The number of hydrogen-bond donors (Lipinski definition) is 1. The number of nitrogens with two attached hydrogens (primary N) is 1. The topological polar surface area (TPSA) is 35.2 Å². The van der Waals surface area contributed by atoms with Gasteiger partial charge in [-0.25, -0.2) is 0 Å². The van der Waals surface area contributed by atoms with Crippen LogP contribution in [0.3, 0.4) is 0 Å². The van der Waals surface area contributed by atoms with Crippen molar-refractivity contribution in [2.45, 2.75) is 136 Å². The van der Waals surface area contributed by atoms with Crippen LogP contribution < -0.4 is 5.73 Å². The van der Waals surface area contributed by atoms with Gasteiger partial charge in [-0.1, -0.05) is 104 Å². The maximum atomic E-state index is 6.18. The van der Waals surface area contributed by atoms with Crippen molar-refractivity contribution >= 4 is 0 Å². The van der Waals surface area contributed by atoms with E-state index in [9.17, 15) is 0 Å². The Morgan fingerprint density at radius 2 is 1.00 bits per heavy atom. The molecular formula is C23H49NO. The van der Waals surface area contributed by atoms with E-state index in [0.29, 0.717) is 6.10 Å². The third-order valence-electron chi connectivity index (χ3n) is 5.21. The smallest absolute Gasteiger partial charge is 0.0575 e. The van der Waals surface area contributed by atoms with E-state index in [1.165, 1.54) is 103 Å². The molecule has 0 spiro atoms. The van der Waals surface area contributed by atoms with Crippen molar-refractivity contribution in [3.8, 4) is 0 Å². The molecule has 1 atom stereocenters. The third kappa shape index (κ3) is 20.1. The predicted molar refractivity (Wildman–Crippen MR) is 113 cm³/mol. The van der Waals surface area contributed by atoms with Crippen molar-refractivity contribution < 1.29 is 4.74 Å². The quantitative estimate of drug-likeness (QED) is 0.218. The molecule has 0 aromatic carbocycles. The lowest BCUT2D eigenvalue weighted by Crippen LogP contribution is -2.16. The van der Waals surface area contributed by atoms with Gasteiger partial charge in [-0.2, -0.15) is 0 Å². The van der Waals surface area contributed by atoms with Gasteiger partial charge in [-0.15, -0.1) is 0 Å². The average Bonchev–Trinajstić information content (AvgIpc) is 2.63. The molecule has 2 nitrogen and oxygen atoms in total. The van der Waals surface area contributed by atoms with Crippen LogP contribution in [0.5, 0.6) is 0 Å². The Hall–Kier alpha value is -0.0800. The molecule has 2 N–H and O–H groups in total. The molecule has 0 aliphatic carbocycles. The molecule has 0 radical (unpaired) electrons. The first-order valence-electron chi connectivity index (χ1n) is 11.7. The maximum absolute atomic E-state index is 6.18. The summed E-state index contributed by atoms with van der Waals surface area (Å²) in [6.45, 7) is 6.33. The van der Waals surface area contributed by atoms with E-state index in [1.807, 2.05) is 0 Å². The molecule has 25 heavy (non-hydrogen) atoms. The summed E-state index contributed by atoms with van der Waals surface area (Å²) in [5, 5.41) is 0. The summed E-state index contributed by atoms with van der Waals surface area (Å²) in [5.74, 6) is 0. The van der Waals surface area contributed by atoms with Crippen LogP contribution in [0, 0.1) is 0 Å². The average molecular weight is 356 g/mol. The molecule has 0 bridgehead atoms. The first kappa shape index (κ1) is 24.9. The highest BCUT2D eigenvalue weighted by molar-refractivity contribution is 4.60. The standard InChI is InChI=1S/C23H49NO/c1-3-5-7-9-11-13-15-17-22-25-23(20-18-21-24)19-16-14-12-10-8-6-4-2/h23H,3-22,24H2,1-2H3. The van der Waals surface area contributed by atoms with Gasteiger partial charge < -0.3 is 10.5 Å². The van der Waals surface area contributed by atoms with Gasteiger partial charge in [0.05, 0.1) is 6.10 Å². The Balaban J connectivity index is 3.53. The largest absolute Gasteiger partial charge is 0.378 e. The van der Waals surface area contributed by atoms with E-state index >= 15 is 0 Å². The second kappa shape index (κ2) is 22.0. The molecule has 2 heteroatoms. The summed E-state index contributed by atoms with van der Waals surface area (Å²) < 4.78 is 6.18. The fourth-order valence-corrected chi connectivity index (χ4v) is 3.47. The first-order chi connectivity index (χ1) is 12.3. The van der Waals surface area contributed by atoms with Crippen LogP contribution >= 0.6 is 0 Å². The molecule has 0 aliphatic rings. The highest BCUT2D eigenvalue weighted by atomic mass is 16.5. The number of unbranched alkanes of at least 4 members (excludes halogenated alkanes) is 13. The summed E-state index contributed by atoms with van der Waals surface area (Å²) >= 11 is 0. The van der Waals surface area contributed by atoms with Gasteiger partial charge in [0.2, 0.25) is 0 Å². The monoisotopic (exact) mass is 355 g/mol. The van der Waals surface area contributed by atoms with E-state index < -0.39 is 0 Å². The highest BCUT2D eigenvalue weighted by Crippen LogP contribution is 2.15. The summed E-state index contributed by atoms with van der Waals surface area (Å²) in [6, 6.07) is 0. The van der Waals surface area contributed by atoms with Crippen molar-refractivity contribution in [3.05, 3.63) is 0 Å². The fourth-order valence-electron chi connectivity index (χ4n) is 3.47. The van der Waals surface area contributed by atoms with Crippen LogP contribution in [0.25, 0.3) is 0 Å². The van der Waals surface area contributed by atoms with E-state index in [-0.39, 0.29) is 0 Å². The second-order valence-corrected chi connectivity index (χ2v) is 7.81. The van der Waals surface area contributed by atoms with Crippen molar-refractivity contribution in [3.63, 3.8) is 0 Å². The van der Waals surface area contributed by atoms with Gasteiger partial charge >= 0.3 is 0 Å². The van der Waals surface area contributed by atoms with Gasteiger partial charge in [0, 0.05) is 6.61 Å². The van der Waals surface area contributed by atoms with E-state index in [4.69, 9.17) is 10.5 Å². The normalized spacial score (nSPS) is 12.6. The van der Waals surface area contributed by atoms with Crippen LogP contribution in [0.15, 0.2) is 0 Å². The highest BCUT2D eigenvalue weighted by Gasteiger charge is 2.08. The van der Waals surface area contributed by atoms with Crippen LogP contribution in [0.2, 0.25) is 0 Å². The molecule has 1 unspecified atom stereocenters. The molecule has 0 heterocycles. The van der Waals surface area contributed by atoms with Crippen LogP contribution in [-0.4, -0.2) is 19.3 Å². The molecule has 0 saturated carbocycles. The molecule has 0 rings (SSSR count). The number of rotatable bonds is 21. The summed E-state index contributed by atoms with van der Waals surface area (Å²) in [7, 11) is 0. The van der Waals surface area contributed by atoms with Gasteiger partial charge in [0.25, 0.3) is 0 Å². The molecular weight excluding hydrogens is 306 g/mol. The van der Waals surface area contributed by atoms with E-state index in [0.717, 1.165) is 26.0 Å². The lowest BCUT2D eigenvalue weighted by molar-refractivity contribution is 0.0365. The minimum Gasteiger partial charge on any atom is -0.378 e. The zero-order chi connectivity index (χ0) is 18.4. The summed E-state index contributed by atoms with van der Waals surface area (Å²) in [5.41, 5.74) is 5.69.